The van der Waals surface area contributed by atoms with E-state index in [-0.39, 0.29) is 5.69 Å². The van der Waals surface area contributed by atoms with Gasteiger partial charge >= 0.3 is 0 Å². The van der Waals surface area contributed by atoms with Crippen LogP contribution in [0.3, 0.4) is 0 Å². The Bertz CT molecular complexity index is 546. The van der Waals surface area contributed by atoms with Gasteiger partial charge in [-0.25, -0.2) is 0 Å². The first-order valence-electron chi connectivity index (χ1n) is 6.20. The molecular formula is C14H16N2O3. The predicted molar refractivity (Wildman–Crippen MR) is 70.9 cm³/mol. The van der Waals surface area contributed by atoms with Crippen LogP contribution in [0.15, 0.2) is 34.9 Å². The molecule has 19 heavy (non-hydrogen) atoms. The molecule has 5 heteroatoms. The number of aromatic nitrogens is 1. The first kappa shape index (κ1) is 13.1. The summed E-state index contributed by atoms with van der Waals surface area (Å²) < 4.78 is 10.6. The molecule has 2 rings (SSSR count). The number of hydrogen-bond donors (Lipinski definition) is 1. The highest BCUT2D eigenvalue weighted by atomic mass is 16.5. The van der Waals surface area contributed by atoms with Gasteiger partial charge in [-0.3, -0.25) is 4.79 Å². The molecule has 5 nitrogen and oxygen atoms in total. The number of ether oxygens (including phenoxy) is 1. The van der Waals surface area contributed by atoms with E-state index in [0.717, 1.165) is 24.2 Å². The Kier molecular flexibility index (Phi) is 4.18. The van der Waals surface area contributed by atoms with Crippen LogP contribution in [0.25, 0.3) is 11.3 Å². The highest BCUT2D eigenvalue weighted by molar-refractivity contribution is 5.91. The summed E-state index contributed by atoms with van der Waals surface area (Å²) in [5, 5.41) is 3.59. The lowest BCUT2D eigenvalue weighted by molar-refractivity contribution is 0.0992. The number of carbonyl (C=O) groups excluding carboxylic acids is 1. The van der Waals surface area contributed by atoms with Crippen LogP contribution in [-0.2, 0) is 0 Å². The van der Waals surface area contributed by atoms with E-state index in [0.29, 0.717) is 12.4 Å². The smallest absolute Gasteiger partial charge is 0.270 e. The van der Waals surface area contributed by atoms with Crippen molar-refractivity contribution in [2.24, 2.45) is 5.73 Å². The summed E-state index contributed by atoms with van der Waals surface area (Å²) in [6.07, 6.45) is 2.14. The maximum atomic E-state index is 10.9. The molecular weight excluding hydrogens is 244 g/mol. The number of nitrogens with two attached hydrogens (primary N) is 1. The fourth-order valence-electron chi connectivity index (χ4n) is 1.58. The summed E-state index contributed by atoms with van der Waals surface area (Å²) in [6, 6.07) is 8.95. The Hall–Kier alpha value is -2.30. The topological polar surface area (TPSA) is 78.4 Å². The number of rotatable bonds is 6. The fourth-order valence-corrected chi connectivity index (χ4v) is 1.58. The quantitative estimate of drug-likeness (QED) is 0.810. The van der Waals surface area contributed by atoms with Gasteiger partial charge in [-0.2, -0.15) is 0 Å². The molecule has 0 saturated heterocycles. The summed E-state index contributed by atoms with van der Waals surface area (Å²) in [4.78, 5) is 10.9. The Labute approximate surface area is 111 Å². The van der Waals surface area contributed by atoms with Crippen LogP contribution in [-0.4, -0.2) is 17.7 Å². The lowest BCUT2D eigenvalue weighted by Gasteiger charge is -2.05. The number of primary amides is 1. The lowest BCUT2D eigenvalue weighted by Crippen LogP contribution is -2.10. The second-order valence-corrected chi connectivity index (χ2v) is 4.17. The second-order valence-electron chi connectivity index (χ2n) is 4.17. The van der Waals surface area contributed by atoms with Crippen LogP contribution >= 0.6 is 0 Å². The fraction of sp³-hybridized carbons (Fsp3) is 0.286. The van der Waals surface area contributed by atoms with Crippen molar-refractivity contribution in [3.8, 4) is 17.1 Å². The maximum Gasteiger partial charge on any atom is 0.270 e. The van der Waals surface area contributed by atoms with Gasteiger partial charge < -0.3 is 15.0 Å². The van der Waals surface area contributed by atoms with Crippen LogP contribution in [0.5, 0.6) is 5.75 Å². The third-order valence-corrected chi connectivity index (χ3v) is 2.67. The minimum absolute atomic E-state index is 0.123. The van der Waals surface area contributed by atoms with Gasteiger partial charge in [0.05, 0.1) is 6.61 Å². The van der Waals surface area contributed by atoms with Gasteiger partial charge in [0, 0.05) is 11.6 Å². The molecule has 0 aliphatic rings. The Balaban J connectivity index is 2.06. The van der Waals surface area contributed by atoms with Crippen molar-refractivity contribution in [2.45, 2.75) is 19.8 Å². The monoisotopic (exact) mass is 260 g/mol. The largest absolute Gasteiger partial charge is 0.494 e. The summed E-state index contributed by atoms with van der Waals surface area (Å²) in [5.74, 6) is 0.718. The first-order chi connectivity index (χ1) is 9.20. The lowest BCUT2D eigenvalue weighted by atomic mass is 10.1. The molecule has 1 amide bonds. The second kappa shape index (κ2) is 6.04. The molecule has 0 bridgehead atoms. The molecule has 0 aliphatic carbocycles. The molecule has 0 saturated carbocycles. The van der Waals surface area contributed by atoms with Gasteiger partial charge in [0.25, 0.3) is 5.91 Å². The van der Waals surface area contributed by atoms with E-state index in [2.05, 4.69) is 12.1 Å². The SMILES string of the molecule is CCCCOc1ccc(-c2cc(C(N)=O)no2)cc1. The Morgan fingerprint density at radius 2 is 2.11 bits per heavy atom. The van der Waals surface area contributed by atoms with Crippen LogP contribution in [0.4, 0.5) is 0 Å². The zero-order valence-electron chi connectivity index (χ0n) is 10.8. The van der Waals surface area contributed by atoms with Crippen molar-refractivity contribution in [1.82, 2.24) is 5.16 Å². The van der Waals surface area contributed by atoms with Crippen LogP contribution in [0.1, 0.15) is 30.3 Å². The maximum absolute atomic E-state index is 10.9. The van der Waals surface area contributed by atoms with Gasteiger partial charge in [0.1, 0.15) is 5.75 Å². The number of carbonyl (C=O) groups is 1. The van der Waals surface area contributed by atoms with E-state index in [9.17, 15) is 4.79 Å². The normalized spacial score (nSPS) is 10.4. The third-order valence-electron chi connectivity index (χ3n) is 2.67. The number of unbranched alkanes of at least 4 members (excludes halogenated alkanes) is 1. The van der Waals surface area contributed by atoms with E-state index >= 15 is 0 Å². The number of hydrogen-bond acceptors (Lipinski definition) is 4. The van der Waals surface area contributed by atoms with Gasteiger partial charge in [0.2, 0.25) is 0 Å². The molecule has 0 unspecified atom stereocenters. The molecule has 0 spiro atoms. The molecule has 2 N–H and O–H groups in total. The molecule has 1 heterocycles. The summed E-state index contributed by atoms with van der Waals surface area (Å²) in [7, 11) is 0. The van der Waals surface area contributed by atoms with E-state index in [4.69, 9.17) is 15.0 Å². The minimum Gasteiger partial charge on any atom is -0.494 e. The third kappa shape index (κ3) is 3.34. The highest BCUT2D eigenvalue weighted by Gasteiger charge is 2.10. The molecule has 0 radical (unpaired) electrons. The molecule has 0 aliphatic heterocycles. The van der Waals surface area contributed by atoms with Gasteiger partial charge in [-0.05, 0) is 30.7 Å². The van der Waals surface area contributed by atoms with Crippen molar-refractivity contribution < 1.29 is 14.1 Å². The highest BCUT2D eigenvalue weighted by Crippen LogP contribution is 2.23. The summed E-state index contributed by atoms with van der Waals surface area (Å²) in [5.41, 5.74) is 6.06. The van der Waals surface area contributed by atoms with Crippen molar-refractivity contribution in [3.05, 3.63) is 36.0 Å². The average molecular weight is 260 g/mol. The average Bonchev–Trinajstić information content (AvgIpc) is 2.90. The van der Waals surface area contributed by atoms with Crippen molar-refractivity contribution in [1.29, 1.82) is 0 Å². The van der Waals surface area contributed by atoms with Crippen LogP contribution in [0.2, 0.25) is 0 Å². The van der Waals surface area contributed by atoms with Crippen LogP contribution in [0, 0.1) is 0 Å². The predicted octanol–water partition coefficient (Wildman–Crippen LogP) is 2.62. The summed E-state index contributed by atoms with van der Waals surface area (Å²) >= 11 is 0. The van der Waals surface area contributed by atoms with Gasteiger partial charge in [-0.15, -0.1) is 0 Å². The molecule has 0 atom stereocenters. The molecule has 1 aromatic carbocycles. The molecule has 0 fully saturated rings. The van der Waals surface area contributed by atoms with Crippen molar-refractivity contribution >= 4 is 5.91 Å². The Morgan fingerprint density at radius 3 is 2.68 bits per heavy atom. The van der Waals surface area contributed by atoms with Gasteiger partial charge in [-0.1, -0.05) is 18.5 Å². The van der Waals surface area contributed by atoms with Crippen molar-refractivity contribution in [2.75, 3.05) is 6.61 Å². The zero-order chi connectivity index (χ0) is 13.7. The van der Waals surface area contributed by atoms with E-state index in [1.165, 1.54) is 6.07 Å². The number of amides is 1. The minimum atomic E-state index is -0.602. The molecule has 2 aromatic rings. The van der Waals surface area contributed by atoms with Gasteiger partial charge in [0.15, 0.2) is 11.5 Å². The standard InChI is InChI=1S/C14H16N2O3/c1-2-3-8-18-11-6-4-10(5-7-11)13-9-12(14(15)17)16-19-13/h4-7,9H,2-3,8H2,1H3,(H2,15,17). The van der Waals surface area contributed by atoms with E-state index < -0.39 is 5.91 Å². The molecule has 1 aromatic heterocycles. The number of nitrogens with zero attached hydrogens (tertiary/aromatic N) is 1. The zero-order valence-corrected chi connectivity index (χ0v) is 10.8. The van der Waals surface area contributed by atoms with Crippen LogP contribution < -0.4 is 10.5 Å². The summed E-state index contributed by atoms with van der Waals surface area (Å²) in [6.45, 7) is 2.83. The number of benzene rings is 1. The van der Waals surface area contributed by atoms with E-state index in [1.807, 2.05) is 24.3 Å². The van der Waals surface area contributed by atoms with Crippen molar-refractivity contribution in [3.63, 3.8) is 0 Å². The first-order valence-corrected chi connectivity index (χ1v) is 6.20. The van der Waals surface area contributed by atoms with E-state index in [1.54, 1.807) is 0 Å². The molecule has 100 valence electrons. The Morgan fingerprint density at radius 1 is 1.37 bits per heavy atom.